The number of nitrogens with zero attached hydrogens (tertiary/aromatic N) is 3. The van der Waals surface area contributed by atoms with Gasteiger partial charge in [-0.1, -0.05) is 26.0 Å². The molecular formula is C18H31N5. The van der Waals surface area contributed by atoms with Gasteiger partial charge in [-0.05, 0) is 37.6 Å². The third-order valence-electron chi connectivity index (χ3n) is 4.61. The Morgan fingerprint density at radius 1 is 1.26 bits per heavy atom. The third kappa shape index (κ3) is 5.52. The maximum Gasteiger partial charge on any atom is 0.193 e. The largest absolute Gasteiger partial charge is 0.370 e. The number of nitrogens with one attached hydrogen (secondary N) is 1. The number of hydrogen-bond acceptors (Lipinski definition) is 3. The van der Waals surface area contributed by atoms with Crippen LogP contribution in [-0.2, 0) is 6.42 Å². The van der Waals surface area contributed by atoms with Crippen molar-refractivity contribution >= 4 is 11.6 Å². The van der Waals surface area contributed by atoms with Crippen LogP contribution in [0.25, 0.3) is 0 Å². The van der Waals surface area contributed by atoms with Crippen molar-refractivity contribution in [2.24, 2.45) is 10.7 Å². The second-order valence-corrected chi connectivity index (χ2v) is 6.22. The molecule has 0 saturated carbocycles. The van der Waals surface area contributed by atoms with Crippen LogP contribution in [0.4, 0.5) is 5.69 Å². The number of likely N-dealkylation sites (N-methyl/N-ethyl adjacent to an activating group) is 1. The topological polar surface area (TPSA) is 56.9 Å². The van der Waals surface area contributed by atoms with Crippen LogP contribution in [0.5, 0.6) is 0 Å². The van der Waals surface area contributed by atoms with Gasteiger partial charge in [-0.25, -0.2) is 0 Å². The molecular weight excluding hydrogens is 286 g/mol. The molecule has 0 aromatic heterocycles. The fraction of sp³-hybridized carbons (Fsp3) is 0.611. The second kappa shape index (κ2) is 8.89. The zero-order valence-corrected chi connectivity index (χ0v) is 14.8. The van der Waals surface area contributed by atoms with Crippen LogP contribution < -0.4 is 11.1 Å². The maximum atomic E-state index is 6.03. The predicted molar refractivity (Wildman–Crippen MR) is 99.1 cm³/mol. The van der Waals surface area contributed by atoms with E-state index < -0.39 is 0 Å². The Bertz CT molecular complexity index is 506. The number of aliphatic imine (C=N–C) groups is 1. The van der Waals surface area contributed by atoms with Gasteiger partial charge in [0.25, 0.3) is 0 Å². The fourth-order valence-corrected chi connectivity index (χ4v) is 2.92. The van der Waals surface area contributed by atoms with Gasteiger partial charge in [0.15, 0.2) is 5.96 Å². The number of piperazine rings is 1. The number of rotatable bonds is 6. The molecule has 1 aliphatic rings. The molecule has 128 valence electrons. The van der Waals surface area contributed by atoms with Gasteiger partial charge in [0.2, 0.25) is 0 Å². The van der Waals surface area contributed by atoms with Crippen molar-refractivity contribution in [2.75, 3.05) is 44.6 Å². The Hall–Kier alpha value is -1.59. The summed E-state index contributed by atoms with van der Waals surface area (Å²) in [6.45, 7) is 13.0. The minimum Gasteiger partial charge on any atom is -0.370 e. The summed E-state index contributed by atoms with van der Waals surface area (Å²) in [6, 6.07) is 8.74. The summed E-state index contributed by atoms with van der Waals surface area (Å²) in [6.07, 6.45) is 1.02. The molecule has 0 spiro atoms. The highest BCUT2D eigenvalue weighted by atomic mass is 15.3. The van der Waals surface area contributed by atoms with Gasteiger partial charge in [-0.15, -0.1) is 0 Å². The second-order valence-electron chi connectivity index (χ2n) is 6.22. The monoisotopic (exact) mass is 317 g/mol. The SMILES string of the molecule is CCc1cccc(NC(N)=NC[C@@H](C)N2CCN(CC)CC2)c1. The molecule has 5 nitrogen and oxygen atoms in total. The van der Waals surface area contributed by atoms with Gasteiger partial charge in [0.05, 0.1) is 6.54 Å². The van der Waals surface area contributed by atoms with Crippen LogP contribution in [0, 0.1) is 0 Å². The van der Waals surface area contributed by atoms with Gasteiger partial charge >= 0.3 is 0 Å². The van der Waals surface area contributed by atoms with E-state index in [0.29, 0.717) is 12.0 Å². The highest BCUT2D eigenvalue weighted by Crippen LogP contribution is 2.11. The molecule has 1 aromatic rings. The van der Waals surface area contributed by atoms with Crippen molar-refractivity contribution in [2.45, 2.75) is 33.2 Å². The summed E-state index contributed by atoms with van der Waals surface area (Å²) in [4.78, 5) is 9.51. The van der Waals surface area contributed by atoms with Gasteiger partial charge in [0, 0.05) is 37.9 Å². The summed E-state index contributed by atoms with van der Waals surface area (Å²) in [5, 5.41) is 3.19. The normalized spacial score (nSPS) is 18.8. The van der Waals surface area contributed by atoms with E-state index in [1.165, 1.54) is 5.56 Å². The Morgan fingerprint density at radius 2 is 2.00 bits per heavy atom. The summed E-state index contributed by atoms with van der Waals surface area (Å²) in [5.74, 6) is 0.497. The molecule has 1 aliphatic heterocycles. The molecule has 2 rings (SSSR count). The standard InChI is InChI=1S/C18H31N5/c1-4-16-7-6-8-17(13-16)21-18(19)20-14-15(3)23-11-9-22(5-2)10-12-23/h6-8,13,15H,4-5,9-12,14H2,1-3H3,(H3,19,20,21)/t15-/m1/s1. The summed E-state index contributed by atoms with van der Waals surface area (Å²) in [7, 11) is 0. The highest BCUT2D eigenvalue weighted by Gasteiger charge is 2.19. The van der Waals surface area contributed by atoms with E-state index in [1.807, 2.05) is 12.1 Å². The zero-order chi connectivity index (χ0) is 16.7. The minimum atomic E-state index is 0.427. The quantitative estimate of drug-likeness (QED) is 0.622. The minimum absolute atomic E-state index is 0.427. The molecule has 1 saturated heterocycles. The molecule has 0 radical (unpaired) electrons. The molecule has 1 heterocycles. The van der Waals surface area contributed by atoms with E-state index in [0.717, 1.165) is 51.4 Å². The van der Waals surface area contributed by atoms with Crippen molar-refractivity contribution < 1.29 is 0 Å². The first kappa shape index (κ1) is 17.8. The van der Waals surface area contributed by atoms with E-state index >= 15 is 0 Å². The van der Waals surface area contributed by atoms with E-state index in [4.69, 9.17) is 5.73 Å². The molecule has 5 heteroatoms. The van der Waals surface area contributed by atoms with Crippen molar-refractivity contribution in [3.05, 3.63) is 29.8 Å². The number of guanidine groups is 1. The van der Waals surface area contributed by atoms with Crippen LogP contribution in [0.1, 0.15) is 26.3 Å². The van der Waals surface area contributed by atoms with Crippen LogP contribution in [0.2, 0.25) is 0 Å². The molecule has 0 aliphatic carbocycles. The van der Waals surface area contributed by atoms with E-state index in [-0.39, 0.29) is 0 Å². The number of benzene rings is 1. The predicted octanol–water partition coefficient (Wildman–Crippen LogP) is 2.00. The lowest BCUT2D eigenvalue weighted by Gasteiger charge is -2.37. The lowest BCUT2D eigenvalue weighted by molar-refractivity contribution is 0.109. The average Bonchev–Trinajstić information content (AvgIpc) is 2.60. The van der Waals surface area contributed by atoms with E-state index in [2.05, 4.69) is 53.0 Å². The number of nitrogens with two attached hydrogens (primary N) is 1. The Balaban J connectivity index is 1.81. The first-order chi connectivity index (χ1) is 11.1. The Kier molecular flexibility index (Phi) is 6.86. The molecule has 0 amide bonds. The Morgan fingerprint density at radius 3 is 2.65 bits per heavy atom. The number of anilines is 1. The first-order valence-corrected chi connectivity index (χ1v) is 8.74. The lowest BCUT2D eigenvalue weighted by atomic mass is 10.1. The fourth-order valence-electron chi connectivity index (χ4n) is 2.92. The number of hydrogen-bond donors (Lipinski definition) is 2. The molecule has 1 fully saturated rings. The van der Waals surface area contributed by atoms with Gasteiger partial charge < -0.3 is 16.0 Å². The molecule has 0 unspecified atom stereocenters. The van der Waals surface area contributed by atoms with Crippen LogP contribution in [-0.4, -0.2) is 61.1 Å². The molecule has 23 heavy (non-hydrogen) atoms. The van der Waals surface area contributed by atoms with Crippen molar-refractivity contribution in [1.82, 2.24) is 9.80 Å². The summed E-state index contributed by atoms with van der Waals surface area (Å²) >= 11 is 0. The van der Waals surface area contributed by atoms with Gasteiger partial charge in [-0.3, -0.25) is 9.89 Å². The Labute approximate surface area is 140 Å². The maximum absolute atomic E-state index is 6.03. The summed E-state index contributed by atoms with van der Waals surface area (Å²) < 4.78 is 0. The highest BCUT2D eigenvalue weighted by molar-refractivity contribution is 5.92. The van der Waals surface area contributed by atoms with Crippen molar-refractivity contribution in [1.29, 1.82) is 0 Å². The summed E-state index contributed by atoms with van der Waals surface area (Å²) in [5.41, 5.74) is 8.34. The molecule has 3 N–H and O–H groups in total. The van der Waals surface area contributed by atoms with Crippen LogP contribution in [0.3, 0.4) is 0 Å². The van der Waals surface area contributed by atoms with Crippen molar-refractivity contribution in [3.8, 4) is 0 Å². The van der Waals surface area contributed by atoms with Crippen LogP contribution >= 0.6 is 0 Å². The molecule has 0 bridgehead atoms. The average molecular weight is 317 g/mol. The van der Waals surface area contributed by atoms with E-state index in [1.54, 1.807) is 0 Å². The van der Waals surface area contributed by atoms with Gasteiger partial charge in [-0.2, -0.15) is 0 Å². The van der Waals surface area contributed by atoms with Gasteiger partial charge in [0.1, 0.15) is 0 Å². The van der Waals surface area contributed by atoms with Crippen LogP contribution in [0.15, 0.2) is 29.3 Å². The smallest absolute Gasteiger partial charge is 0.193 e. The third-order valence-corrected chi connectivity index (χ3v) is 4.61. The number of aryl methyl sites for hydroxylation is 1. The molecule has 1 atom stereocenters. The van der Waals surface area contributed by atoms with Crippen molar-refractivity contribution in [3.63, 3.8) is 0 Å². The molecule has 1 aromatic carbocycles. The lowest BCUT2D eigenvalue weighted by Crippen LogP contribution is -2.50. The zero-order valence-electron chi connectivity index (χ0n) is 14.8. The van der Waals surface area contributed by atoms with E-state index in [9.17, 15) is 0 Å². The first-order valence-electron chi connectivity index (χ1n) is 8.74.